The maximum Gasteiger partial charge on any atom is 0.347 e. The standard InChI is InChI=1S/C19H15NO3/c1-22-13-9-10-14-12(11-13)5-4-7-15(14)18-20-17-8-3-2-6-16(17)19(21)23-18/h2-3,6-11H,4-5H2,1H3. The summed E-state index contributed by atoms with van der Waals surface area (Å²) in [6, 6.07) is 13.2. The second kappa shape index (κ2) is 5.39. The Morgan fingerprint density at radius 3 is 2.91 bits per heavy atom. The van der Waals surface area contributed by atoms with Crippen LogP contribution < -0.4 is 10.4 Å². The van der Waals surface area contributed by atoms with Crippen LogP contribution in [0.3, 0.4) is 0 Å². The molecule has 114 valence electrons. The fraction of sp³-hybridized carbons (Fsp3) is 0.158. The molecule has 23 heavy (non-hydrogen) atoms. The third kappa shape index (κ3) is 2.32. The minimum absolute atomic E-state index is 0.355. The van der Waals surface area contributed by atoms with Crippen molar-refractivity contribution in [3.8, 4) is 5.75 Å². The highest BCUT2D eigenvalue weighted by Gasteiger charge is 2.19. The zero-order valence-electron chi connectivity index (χ0n) is 12.7. The molecule has 0 saturated carbocycles. The van der Waals surface area contributed by atoms with E-state index in [0.29, 0.717) is 16.8 Å². The molecule has 0 spiro atoms. The van der Waals surface area contributed by atoms with Gasteiger partial charge >= 0.3 is 5.63 Å². The molecule has 0 unspecified atom stereocenters. The van der Waals surface area contributed by atoms with E-state index in [1.165, 1.54) is 5.56 Å². The number of hydrogen-bond acceptors (Lipinski definition) is 4. The summed E-state index contributed by atoms with van der Waals surface area (Å²) in [5.74, 6) is 1.21. The summed E-state index contributed by atoms with van der Waals surface area (Å²) < 4.78 is 10.8. The molecule has 0 fully saturated rings. The molecular formula is C19H15NO3. The van der Waals surface area contributed by atoms with Crippen molar-refractivity contribution in [2.75, 3.05) is 7.11 Å². The largest absolute Gasteiger partial charge is 0.497 e. The van der Waals surface area contributed by atoms with Gasteiger partial charge in [0, 0.05) is 5.57 Å². The SMILES string of the molecule is COc1ccc2c(c1)CCC=C2c1nc2ccccc2c(=O)o1. The summed E-state index contributed by atoms with van der Waals surface area (Å²) in [5, 5.41) is 0.502. The predicted molar refractivity (Wildman–Crippen MR) is 88.7 cm³/mol. The molecule has 0 radical (unpaired) electrons. The van der Waals surface area contributed by atoms with Crippen molar-refractivity contribution in [1.82, 2.24) is 4.98 Å². The van der Waals surface area contributed by atoms with E-state index in [1.807, 2.05) is 36.4 Å². The number of ether oxygens (including phenoxy) is 1. The number of rotatable bonds is 2. The lowest BCUT2D eigenvalue weighted by molar-refractivity contribution is 0.414. The molecule has 4 rings (SSSR count). The maximum absolute atomic E-state index is 12.2. The van der Waals surface area contributed by atoms with Gasteiger partial charge in [-0.25, -0.2) is 9.78 Å². The van der Waals surface area contributed by atoms with Gasteiger partial charge in [-0.2, -0.15) is 0 Å². The predicted octanol–water partition coefficient (Wildman–Crippen LogP) is 3.57. The monoisotopic (exact) mass is 305 g/mol. The Bertz CT molecular complexity index is 985. The van der Waals surface area contributed by atoms with Crippen molar-refractivity contribution in [2.45, 2.75) is 12.8 Å². The highest BCUT2D eigenvalue weighted by molar-refractivity contribution is 5.83. The summed E-state index contributed by atoms with van der Waals surface area (Å²) in [6.07, 6.45) is 3.90. The van der Waals surface area contributed by atoms with Gasteiger partial charge in [0.1, 0.15) is 5.75 Å². The van der Waals surface area contributed by atoms with Crippen LogP contribution in [0.25, 0.3) is 16.5 Å². The van der Waals surface area contributed by atoms with Gasteiger partial charge in [0.15, 0.2) is 0 Å². The first-order valence-electron chi connectivity index (χ1n) is 7.54. The maximum atomic E-state index is 12.2. The number of allylic oxidation sites excluding steroid dienone is 1. The Balaban J connectivity index is 1.89. The number of aryl methyl sites for hydroxylation is 1. The number of aromatic nitrogens is 1. The Hall–Kier alpha value is -2.88. The van der Waals surface area contributed by atoms with Crippen LogP contribution in [0.2, 0.25) is 0 Å². The van der Waals surface area contributed by atoms with E-state index in [2.05, 4.69) is 11.1 Å². The molecule has 3 aromatic rings. The van der Waals surface area contributed by atoms with E-state index < -0.39 is 0 Å². The molecule has 0 N–H and O–H groups in total. The van der Waals surface area contributed by atoms with Gasteiger partial charge in [0.05, 0.1) is 18.0 Å². The van der Waals surface area contributed by atoms with Crippen LogP contribution in [0.15, 0.2) is 57.8 Å². The molecule has 0 saturated heterocycles. The number of benzene rings is 2. The van der Waals surface area contributed by atoms with Gasteiger partial charge in [-0.05, 0) is 48.2 Å². The van der Waals surface area contributed by atoms with Gasteiger partial charge in [-0.3, -0.25) is 0 Å². The minimum Gasteiger partial charge on any atom is -0.497 e. The third-order valence-electron chi connectivity index (χ3n) is 4.13. The average Bonchev–Trinajstić information content (AvgIpc) is 2.60. The first-order chi connectivity index (χ1) is 11.3. The van der Waals surface area contributed by atoms with Crippen LogP contribution in [0.4, 0.5) is 0 Å². The topological polar surface area (TPSA) is 52.3 Å². The Morgan fingerprint density at radius 2 is 2.04 bits per heavy atom. The summed E-state index contributed by atoms with van der Waals surface area (Å²) in [5.41, 5.74) is 3.40. The van der Waals surface area contributed by atoms with E-state index in [1.54, 1.807) is 13.2 Å². The number of hydrogen-bond donors (Lipinski definition) is 0. The van der Waals surface area contributed by atoms with Crippen LogP contribution in [0.1, 0.15) is 23.4 Å². The number of methoxy groups -OCH3 is 1. The van der Waals surface area contributed by atoms with Crippen LogP contribution >= 0.6 is 0 Å². The smallest absolute Gasteiger partial charge is 0.347 e. The van der Waals surface area contributed by atoms with Crippen LogP contribution in [-0.4, -0.2) is 12.1 Å². The highest BCUT2D eigenvalue weighted by Crippen LogP contribution is 2.33. The summed E-state index contributed by atoms with van der Waals surface area (Å²) in [4.78, 5) is 16.7. The van der Waals surface area contributed by atoms with E-state index in [0.717, 1.165) is 29.7 Å². The van der Waals surface area contributed by atoms with Gasteiger partial charge in [0.2, 0.25) is 5.89 Å². The first-order valence-corrected chi connectivity index (χ1v) is 7.54. The number of fused-ring (bicyclic) bond motifs is 2. The molecule has 1 aromatic heterocycles. The lowest BCUT2D eigenvalue weighted by Gasteiger charge is -2.17. The van der Waals surface area contributed by atoms with Crippen LogP contribution in [0, 0.1) is 0 Å². The Labute approximate surface area is 133 Å². The Morgan fingerprint density at radius 1 is 1.17 bits per heavy atom. The second-order valence-electron chi connectivity index (χ2n) is 5.50. The van der Waals surface area contributed by atoms with Crippen molar-refractivity contribution in [3.05, 3.63) is 76.0 Å². The molecule has 0 amide bonds. The zero-order valence-corrected chi connectivity index (χ0v) is 12.7. The molecule has 1 aliphatic rings. The number of para-hydroxylation sites is 1. The molecule has 1 aliphatic carbocycles. The van der Waals surface area contributed by atoms with Crippen LogP contribution in [0.5, 0.6) is 5.75 Å². The molecule has 4 heteroatoms. The Kier molecular flexibility index (Phi) is 3.23. The third-order valence-corrected chi connectivity index (χ3v) is 4.13. The van der Waals surface area contributed by atoms with Crippen LogP contribution in [-0.2, 0) is 6.42 Å². The molecule has 0 bridgehead atoms. The lowest BCUT2D eigenvalue weighted by Crippen LogP contribution is -2.08. The zero-order chi connectivity index (χ0) is 15.8. The summed E-state index contributed by atoms with van der Waals surface area (Å²) in [7, 11) is 1.66. The van der Waals surface area contributed by atoms with Gasteiger partial charge in [0.25, 0.3) is 0 Å². The second-order valence-corrected chi connectivity index (χ2v) is 5.50. The van der Waals surface area contributed by atoms with Gasteiger partial charge in [-0.1, -0.05) is 24.3 Å². The normalized spacial score (nSPS) is 13.5. The molecule has 2 aromatic carbocycles. The highest BCUT2D eigenvalue weighted by atomic mass is 16.5. The van der Waals surface area contributed by atoms with Gasteiger partial charge < -0.3 is 9.15 Å². The minimum atomic E-state index is -0.355. The lowest BCUT2D eigenvalue weighted by atomic mass is 9.90. The summed E-state index contributed by atoms with van der Waals surface area (Å²) in [6.45, 7) is 0. The first kappa shape index (κ1) is 13.8. The van der Waals surface area contributed by atoms with Gasteiger partial charge in [-0.15, -0.1) is 0 Å². The van der Waals surface area contributed by atoms with Crippen molar-refractivity contribution in [3.63, 3.8) is 0 Å². The van der Waals surface area contributed by atoms with E-state index >= 15 is 0 Å². The van der Waals surface area contributed by atoms with E-state index in [-0.39, 0.29) is 5.63 Å². The molecule has 0 aliphatic heterocycles. The summed E-state index contributed by atoms with van der Waals surface area (Å²) >= 11 is 0. The number of nitrogens with zero attached hydrogens (tertiary/aromatic N) is 1. The van der Waals surface area contributed by atoms with E-state index in [4.69, 9.17) is 9.15 Å². The fourth-order valence-electron chi connectivity index (χ4n) is 2.99. The quantitative estimate of drug-likeness (QED) is 0.726. The molecule has 1 heterocycles. The van der Waals surface area contributed by atoms with Crippen molar-refractivity contribution >= 4 is 16.5 Å². The molecule has 4 nitrogen and oxygen atoms in total. The molecule has 0 atom stereocenters. The van der Waals surface area contributed by atoms with Crippen molar-refractivity contribution < 1.29 is 9.15 Å². The molecular weight excluding hydrogens is 290 g/mol. The van der Waals surface area contributed by atoms with Crippen molar-refractivity contribution in [2.24, 2.45) is 0 Å². The van der Waals surface area contributed by atoms with Crippen molar-refractivity contribution in [1.29, 1.82) is 0 Å². The van der Waals surface area contributed by atoms with E-state index in [9.17, 15) is 4.79 Å². The average molecular weight is 305 g/mol. The fourth-order valence-corrected chi connectivity index (χ4v) is 2.99.